The molecule has 1 unspecified atom stereocenters. The van der Waals surface area contributed by atoms with Crippen LogP contribution in [0.2, 0.25) is 0 Å². The molecule has 1 atom stereocenters. The largest absolute Gasteiger partial charge is 0.303 e. The van der Waals surface area contributed by atoms with Crippen LogP contribution in [0.15, 0.2) is 0 Å². The molecule has 1 heteroatoms. The first kappa shape index (κ1) is 16.0. The van der Waals surface area contributed by atoms with Crippen molar-refractivity contribution < 1.29 is 4.79 Å². The highest BCUT2D eigenvalue weighted by atomic mass is 16.1. The Morgan fingerprint density at radius 2 is 1.70 bits per heavy atom. The summed E-state index contributed by atoms with van der Waals surface area (Å²) in [5, 5.41) is 0. The summed E-state index contributed by atoms with van der Waals surface area (Å²) in [5.74, 6) is 1.76. The predicted octanol–water partition coefficient (Wildman–Crippen LogP) is 5.91. The highest BCUT2D eigenvalue weighted by molar-refractivity contribution is 5.59. The number of aldehydes is 1. The second-order valence-electron chi connectivity index (χ2n) is 7.55. The fourth-order valence-electron chi connectivity index (χ4n) is 4.72. The molecule has 2 aliphatic rings. The summed E-state index contributed by atoms with van der Waals surface area (Å²) in [6.07, 6.45) is 20.0. The van der Waals surface area contributed by atoms with E-state index >= 15 is 0 Å². The number of carbonyl (C=O) groups is 1. The van der Waals surface area contributed by atoms with Crippen LogP contribution in [-0.4, -0.2) is 6.29 Å². The first-order chi connectivity index (χ1) is 9.79. The minimum Gasteiger partial charge on any atom is -0.303 e. The van der Waals surface area contributed by atoms with Crippen LogP contribution in [0, 0.1) is 17.3 Å². The van der Waals surface area contributed by atoms with E-state index < -0.39 is 0 Å². The Morgan fingerprint density at radius 1 is 1.05 bits per heavy atom. The van der Waals surface area contributed by atoms with Gasteiger partial charge in [0.05, 0.1) is 0 Å². The normalized spacial score (nSPS) is 25.2. The van der Waals surface area contributed by atoms with Crippen LogP contribution in [0.1, 0.15) is 96.8 Å². The Labute approximate surface area is 125 Å². The number of hydrogen-bond donors (Lipinski definition) is 0. The van der Waals surface area contributed by atoms with Crippen LogP contribution in [0.4, 0.5) is 0 Å². The predicted molar refractivity (Wildman–Crippen MR) is 85.8 cm³/mol. The van der Waals surface area contributed by atoms with Gasteiger partial charge in [-0.3, -0.25) is 0 Å². The molecule has 0 N–H and O–H groups in total. The molecular formula is C19H34O. The molecule has 0 heterocycles. The minimum absolute atomic E-state index is 0.0636. The van der Waals surface area contributed by atoms with E-state index in [0.717, 1.165) is 11.8 Å². The van der Waals surface area contributed by atoms with E-state index in [2.05, 4.69) is 6.92 Å². The Kier molecular flexibility index (Phi) is 6.58. The molecule has 2 saturated carbocycles. The monoisotopic (exact) mass is 278 g/mol. The van der Waals surface area contributed by atoms with Crippen LogP contribution in [-0.2, 0) is 4.79 Å². The molecule has 116 valence electrons. The topological polar surface area (TPSA) is 17.1 Å². The molecule has 0 spiro atoms. The number of unbranched alkanes of at least 4 members (excludes halogenated alkanes) is 1. The van der Waals surface area contributed by atoms with Gasteiger partial charge in [-0.1, -0.05) is 77.6 Å². The maximum absolute atomic E-state index is 11.8. The van der Waals surface area contributed by atoms with Crippen molar-refractivity contribution in [3.63, 3.8) is 0 Å². The van der Waals surface area contributed by atoms with Crippen molar-refractivity contribution in [3.05, 3.63) is 0 Å². The third kappa shape index (κ3) is 4.33. The van der Waals surface area contributed by atoms with E-state index in [0.29, 0.717) is 0 Å². The molecule has 0 aromatic heterocycles. The Hall–Kier alpha value is -0.330. The molecule has 0 amide bonds. The molecule has 0 aliphatic heterocycles. The summed E-state index contributed by atoms with van der Waals surface area (Å²) in [4.78, 5) is 11.8. The van der Waals surface area contributed by atoms with Gasteiger partial charge in [0.2, 0.25) is 0 Å². The summed E-state index contributed by atoms with van der Waals surface area (Å²) in [7, 11) is 0. The zero-order valence-electron chi connectivity index (χ0n) is 13.5. The first-order valence-corrected chi connectivity index (χ1v) is 9.26. The lowest BCUT2D eigenvalue weighted by atomic mass is 9.65. The van der Waals surface area contributed by atoms with Gasteiger partial charge in [-0.05, 0) is 31.1 Å². The van der Waals surface area contributed by atoms with Gasteiger partial charge < -0.3 is 4.79 Å². The molecule has 2 fully saturated rings. The van der Waals surface area contributed by atoms with Crippen molar-refractivity contribution >= 4 is 6.29 Å². The summed E-state index contributed by atoms with van der Waals surface area (Å²) < 4.78 is 0. The first-order valence-electron chi connectivity index (χ1n) is 9.26. The second kappa shape index (κ2) is 8.20. The summed E-state index contributed by atoms with van der Waals surface area (Å²) >= 11 is 0. The quantitative estimate of drug-likeness (QED) is 0.529. The van der Waals surface area contributed by atoms with Crippen LogP contribution < -0.4 is 0 Å². The minimum atomic E-state index is 0.0636. The van der Waals surface area contributed by atoms with Gasteiger partial charge in [0.25, 0.3) is 0 Å². The van der Waals surface area contributed by atoms with E-state index in [4.69, 9.17) is 0 Å². The van der Waals surface area contributed by atoms with Gasteiger partial charge in [0.1, 0.15) is 6.29 Å². The average molecular weight is 278 g/mol. The lowest BCUT2D eigenvalue weighted by molar-refractivity contribution is -0.119. The van der Waals surface area contributed by atoms with Crippen LogP contribution in [0.5, 0.6) is 0 Å². The maximum Gasteiger partial charge on any atom is 0.126 e. The Morgan fingerprint density at radius 3 is 2.30 bits per heavy atom. The van der Waals surface area contributed by atoms with Crippen LogP contribution in [0.25, 0.3) is 0 Å². The molecule has 0 aromatic rings. The molecule has 2 rings (SSSR count). The van der Waals surface area contributed by atoms with Crippen molar-refractivity contribution in [2.75, 3.05) is 0 Å². The molecule has 0 radical (unpaired) electrons. The van der Waals surface area contributed by atoms with Crippen molar-refractivity contribution in [3.8, 4) is 0 Å². The molecule has 0 bridgehead atoms. The van der Waals surface area contributed by atoms with Crippen molar-refractivity contribution in [2.45, 2.75) is 96.8 Å². The average Bonchev–Trinajstić information content (AvgIpc) is 2.53. The number of rotatable bonds is 7. The van der Waals surface area contributed by atoms with Crippen molar-refractivity contribution in [1.82, 2.24) is 0 Å². The third-order valence-corrected chi connectivity index (χ3v) is 6.01. The van der Waals surface area contributed by atoms with Gasteiger partial charge in [-0.2, -0.15) is 0 Å². The van der Waals surface area contributed by atoms with Crippen LogP contribution >= 0.6 is 0 Å². The molecular weight excluding hydrogens is 244 g/mol. The summed E-state index contributed by atoms with van der Waals surface area (Å²) in [6, 6.07) is 0. The zero-order valence-corrected chi connectivity index (χ0v) is 13.5. The lowest BCUT2D eigenvalue weighted by Crippen LogP contribution is -2.32. The SMILES string of the molecule is CCCCC(CC1(C=O)CCCCC1)C1CCCCC1. The standard InChI is InChI=1S/C19H34O/c1-2-3-10-18(17-11-6-4-7-12-17)15-19(16-20)13-8-5-9-14-19/h16-18H,2-15H2,1H3. The molecule has 0 saturated heterocycles. The van der Waals surface area contributed by atoms with Gasteiger partial charge in [-0.25, -0.2) is 0 Å². The number of carbonyl (C=O) groups excluding carboxylic acids is 1. The fourth-order valence-corrected chi connectivity index (χ4v) is 4.72. The Bertz CT molecular complexity index is 271. The van der Waals surface area contributed by atoms with Gasteiger partial charge >= 0.3 is 0 Å². The molecule has 0 aromatic carbocycles. The molecule has 1 nitrogen and oxygen atoms in total. The maximum atomic E-state index is 11.8. The summed E-state index contributed by atoms with van der Waals surface area (Å²) in [5.41, 5.74) is 0.0636. The molecule has 20 heavy (non-hydrogen) atoms. The summed E-state index contributed by atoms with van der Waals surface area (Å²) in [6.45, 7) is 2.30. The van der Waals surface area contributed by atoms with Gasteiger partial charge in [-0.15, -0.1) is 0 Å². The smallest absolute Gasteiger partial charge is 0.126 e. The van der Waals surface area contributed by atoms with E-state index in [1.54, 1.807) is 0 Å². The second-order valence-corrected chi connectivity index (χ2v) is 7.55. The van der Waals surface area contributed by atoms with Gasteiger partial charge in [0, 0.05) is 5.41 Å². The Balaban J connectivity index is 1.98. The molecule has 2 aliphatic carbocycles. The zero-order chi connectivity index (χ0) is 14.3. The van der Waals surface area contributed by atoms with E-state index in [1.807, 2.05) is 0 Å². The highest BCUT2D eigenvalue weighted by Crippen LogP contribution is 2.45. The fraction of sp³-hybridized carbons (Fsp3) is 0.947. The third-order valence-electron chi connectivity index (χ3n) is 6.01. The van der Waals surface area contributed by atoms with Crippen molar-refractivity contribution in [2.24, 2.45) is 17.3 Å². The van der Waals surface area contributed by atoms with Crippen molar-refractivity contribution in [1.29, 1.82) is 0 Å². The van der Waals surface area contributed by atoms with E-state index in [9.17, 15) is 4.79 Å². The highest BCUT2D eigenvalue weighted by Gasteiger charge is 2.36. The van der Waals surface area contributed by atoms with Gasteiger partial charge in [0.15, 0.2) is 0 Å². The van der Waals surface area contributed by atoms with E-state index in [1.165, 1.54) is 96.2 Å². The lowest BCUT2D eigenvalue weighted by Gasteiger charge is -2.39. The number of hydrogen-bond acceptors (Lipinski definition) is 1. The van der Waals surface area contributed by atoms with E-state index in [-0.39, 0.29) is 5.41 Å². The van der Waals surface area contributed by atoms with Crippen LogP contribution in [0.3, 0.4) is 0 Å².